The van der Waals surface area contributed by atoms with Gasteiger partial charge >= 0.3 is 5.97 Å². The molecule has 106 valence electrons. The van der Waals surface area contributed by atoms with Crippen LogP contribution >= 0.6 is 27.3 Å². The van der Waals surface area contributed by atoms with Crippen molar-refractivity contribution in [3.8, 4) is 0 Å². The molecule has 3 nitrogen and oxygen atoms in total. The van der Waals surface area contributed by atoms with Crippen molar-refractivity contribution in [1.29, 1.82) is 0 Å². The molecule has 0 amide bonds. The maximum absolute atomic E-state index is 11.5. The zero-order chi connectivity index (χ0) is 15.0. The summed E-state index contributed by atoms with van der Waals surface area (Å²) in [5.41, 5.74) is 2.09. The summed E-state index contributed by atoms with van der Waals surface area (Å²) in [6.07, 6.45) is -0.936. The van der Waals surface area contributed by atoms with Gasteiger partial charge in [0.25, 0.3) is 0 Å². The van der Waals surface area contributed by atoms with Crippen LogP contribution in [-0.4, -0.2) is 16.2 Å². The van der Waals surface area contributed by atoms with E-state index in [2.05, 4.69) is 15.9 Å². The Hall–Kier alpha value is -1.17. The second-order valence-corrected chi connectivity index (χ2v) is 6.91. The molecule has 0 spiro atoms. The van der Waals surface area contributed by atoms with Crippen LogP contribution in [0.15, 0.2) is 22.7 Å². The van der Waals surface area contributed by atoms with Crippen LogP contribution in [0.25, 0.3) is 0 Å². The van der Waals surface area contributed by atoms with E-state index >= 15 is 0 Å². The van der Waals surface area contributed by atoms with Gasteiger partial charge in [-0.25, -0.2) is 4.79 Å². The number of aliphatic hydroxyl groups excluding tert-OH is 1. The van der Waals surface area contributed by atoms with Crippen molar-refractivity contribution < 1.29 is 15.0 Å². The smallest absolute Gasteiger partial charge is 0.336 e. The third kappa shape index (κ3) is 2.66. The highest BCUT2D eigenvalue weighted by Gasteiger charge is 2.25. The summed E-state index contributed by atoms with van der Waals surface area (Å²) in [6, 6.07) is 5.53. The first-order valence-corrected chi connectivity index (χ1v) is 7.71. The second kappa shape index (κ2) is 5.68. The third-order valence-corrected chi connectivity index (χ3v) is 5.27. The van der Waals surface area contributed by atoms with E-state index in [9.17, 15) is 15.0 Å². The molecule has 1 aromatic carbocycles. The maximum atomic E-state index is 11.5. The highest BCUT2D eigenvalue weighted by Crippen LogP contribution is 2.38. The minimum atomic E-state index is -1.01. The first kappa shape index (κ1) is 15.2. The number of aliphatic hydroxyl groups is 1. The van der Waals surface area contributed by atoms with E-state index < -0.39 is 12.1 Å². The Labute approximate surface area is 130 Å². The van der Waals surface area contributed by atoms with Gasteiger partial charge in [0.05, 0.1) is 10.4 Å². The molecular weight excluding hydrogens is 340 g/mol. The summed E-state index contributed by atoms with van der Waals surface area (Å²) in [4.78, 5) is 13.3. The molecule has 0 bridgehead atoms. The van der Waals surface area contributed by atoms with E-state index in [1.165, 1.54) is 11.3 Å². The maximum Gasteiger partial charge on any atom is 0.336 e. The van der Waals surface area contributed by atoms with Crippen molar-refractivity contribution in [2.45, 2.75) is 26.9 Å². The normalized spacial score (nSPS) is 12.4. The van der Waals surface area contributed by atoms with Gasteiger partial charge in [-0.05, 0) is 53.9 Å². The van der Waals surface area contributed by atoms with Gasteiger partial charge in [0.2, 0.25) is 0 Å². The molecule has 5 heteroatoms. The predicted octanol–water partition coefficient (Wildman–Crippen LogP) is 4.22. The number of aromatic carboxylic acids is 1. The fourth-order valence-corrected chi connectivity index (χ4v) is 4.15. The van der Waals surface area contributed by atoms with Gasteiger partial charge in [0.15, 0.2) is 0 Å². The van der Waals surface area contributed by atoms with Crippen molar-refractivity contribution in [2.24, 2.45) is 0 Å². The molecule has 20 heavy (non-hydrogen) atoms. The molecule has 1 atom stereocenters. The summed E-state index contributed by atoms with van der Waals surface area (Å²) >= 11 is 4.89. The number of hydrogen-bond acceptors (Lipinski definition) is 3. The zero-order valence-corrected chi connectivity index (χ0v) is 13.8. The molecule has 0 saturated heterocycles. The number of benzene rings is 1. The SMILES string of the molecule is Cc1cc(Br)c(C(O)c2c(C)ccc(C)c2C(=O)O)s1. The molecule has 0 aliphatic carbocycles. The first-order valence-electron chi connectivity index (χ1n) is 6.10. The van der Waals surface area contributed by atoms with E-state index in [0.717, 1.165) is 19.8 Å². The summed E-state index contributed by atoms with van der Waals surface area (Å²) < 4.78 is 0.810. The van der Waals surface area contributed by atoms with E-state index in [1.54, 1.807) is 13.0 Å². The number of halogens is 1. The molecule has 2 aromatic rings. The average molecular weight is 355 g/mol. The van der Waals surface area contributed by atoms with E-state index in [1.807, 2.05) is 26.0 Å². The number of rotatable bonds is 3. The highest BCUT2D eigenvalue weighted by atomic mass is 79.9. The Morgan fingerprint density at radius 2 is 1.85 bits per heavy atom. The third-order valence-electron chi connectivity index (χ3n) is 3.24. The standard InChI is InChI=1S/C15H15BrO3S/c1-7-4-5-8(2)12(15(18)19)11(7)13(17)14-10(16)6-9(3)20-14/h4-6,13,17H,1-3H3,(H,18,19). The molecular formula is C15H15BrO3S. The van der Waals surface area contributed by atoms with Gasteiger partial charge in [0.1, 0.15) is 6.10 Å². The van der Waals surface area contributed by atoms with Gasteiger partial charge in [-0.3, -0.25) is 0 Å². The first-order chi connectivity index (χ1) is 9.32. The number of carbonyl (C=O) groups is 1. The Balaban J connectivity index is 2.65. The van der Waals surface area contributed by atoms with Crippen LogP contribution in [0, 0.1) is 20.8 Å². The summed E-state index contributed by atoms with van der Waals surface area (Å²) in [6.45, 7) is 5.51. The Morgan fingerprint density at radius 3 is 2.35 bits per heavy atom. The fourth-order valence-electron chi connectivity index (χ4n) is 2.29. The molecule has 0 saturated carbocycles. The average Bonchev–Trinajstić information content (AvgIpc) is 2.69. The molecule has 0 fully saturated rings. The molecule has 0 aliphatic heterocycles. The topological polar surface area (TPSA) is 57.5 Å². The molecule has 1 aromatic heterocycles. The Kier molecular flexibility index (Phi) is 4.32. The number of hydrogen-bond donors (Lipinski definition) is 2. The van der Waals surface area contributed by atoms with Crippen LogP contribution in [0.5, 0.6) is 0 Å². The van der Waals surface area contributed by atoms with Gasteiger partial charge in [-0.15, -0.1) is 11.3 Å². The van der Waals surface area contributed by atoms with Gasteiger partial charge < -0.3 is 10.2 Å². The zero-order valence-electron chi connectivity index (χ0n) is 11.4. The van der Waals surface area contributed by atoms with Crippen molar-refractivity contribution in [1.82, 2.24) is 0 Å². The monoisotopic (exact) mass is 354 g/mol. The van der Waals surface area contributed by atoms with Gasteiger partial charge in [-0.1, -0.05) is 12.1 Å². The number of aryl methyl sites for hydroxylation is 3. The summed E-state index contributed by atoms with van der Waals surface area (Å²) in [5, 5.41) is 20.1. The van der Waals surface area contributed by atoms with Crippen LogP contribution < -0.4 is 0 Å². The second-order valence-electron chi connectivity index (χ2n) is 4.76. The number of thiophene rings is 1. The van der Waals surface area contributed by atoms with E-state index in [-0.39, 0.29) is 5.56 Å². The van der Waals surface area contributed by atoms with Crippen LogP contribution in [0.4, 0.5) is 0 Å². The van der Waals surface area contributed by atoms with E-state index in [0.29, 0.717) is 11.1 Å². The lowest BCUT2D eigenvalue weighted by Gasteiger charge is -2.17. The predicted molar refractivity (Wildman–Crippen MR) is 83.7 cm³/mol. The summed E-state index contributed by atoms with van der Waals surface area (Å²) in [7, 11) is 0. The van der Waals surface area contributed by atoms with Crippen LogP contribution in [-0.2, 0) is 0 Å². The minimum absolute atomic E-state index is 0.190. The molecule has 1 heterocycles. The fraction of sp³-hybridized carbons (Fsp3) is 0.267. The lowest BCUT2D eigenvalue weighted by atomic mass is 9.92. The van der Waals surface area contributed by atoms with Crippen LogP contribution in [0.1, 0.15) is 42.9 Å². The van der Waals surface area contributed by atoms with Gasteiger partial charge in [0, 0.05) is 14.9 Å². The molecule has 0 aliphatic rings. The van der Waals surface area contributed by atoms with Crippen molar-refractivity contribution >= 4 is 33.2 Å². The Morgan fingerprint density at radius 1 is 1.25 bits per heavy atom. The lowest BCUT2D eigenvalue weighted by Crippen LogP contribution is -2.11. The lowest BCUT2D eigenvalue weighted by molar-refractivity contribution is 0.0690. The largest absolute Gasteiger partial charge is 0.478 e. The number of carboxylic acid groups (broad SMARTS) is 1. The van der Waals surface area contributed by atoms with Crippen molar-refractivity contribution in [2.75, 3.05) is 0 Å². The van der Waals surface area contributed by atoms with Crippen molar-refractivity contribution in [3.05, 3.63) is 54.7 Å². The quantitative estimate of drug-likeness (QED) is 0.867. The molecule has 0 radical (unpaired) electrons. The van der Waals surface area contributed by atoms with Gasteiger partial charge in [-0.2, -0.15) is 0 Å². The van der Waals surface area contributed by atoms with Crippen molar-refractivity contribution in [3.63, 3.8) is 0 Å². The molecule has 1 unspecified atom stereocenters. The molecule has 2 N–H and O–H groups in total. The van der Waals surface area contributed by atoms with Crippen LogP contribution in [0.3, 0.4) is 0 Å². The summed E-state index contributed by atoms with van der Waals surface area (Å²) in [5.74, 6) is -1.01. The Bertz CT molecular complexity index is 676. The van der Waals surface area contributed by atoms with Crippen LogP contribution in [0.2, 0.25) is 0 Å². The highest BCUT2D eigenvalue weighted by molar-refractivity contribution is 9.10. The minimum Gasteiger partial charge on any atom is -0.478 e. The molecule has 2 rings (SSSR count). The van der Waals surface area contributed by atoms with E-state index in [4.69, 9.17) is 0 Å². The number of carboxylic acids is 1.